The number of halogens is 1. The fourth-order valence-corrected chi connectivity index (χ4v) is 2.30. The number of hydrogen-bond donors (Lipinski definition) is 1. The summed E-state index contributed by atoms with van der Waals surface area (Å²) in [4.78, 5) is 8.13. The van der Waals surface area contributed by atoms with Gasteiger partial charge in [0.1, 0.15) is 17.3 Å². The summed E-state index contributed by atoms with van der Waals surface area (Å²) in [5.74, 6) is 1.29. The monoisotopic (exact) mass is 287 g/mol. The molecule has 0 fully saturated rings. The molecule has 0 unspecified atom stereocenters. The summed E-state index contributed by atoms with van der Waals surface area (Å²) in [6.45, 7) is 2.91. The van der Waals surface area contributed by atoms with Gasteiger partial charge in [-0.05, 0) is 24.5 Å². The Hall–Kier alpha value is -2.14. The Kier molecular flexibility index (Phi) is 3.52. The van der Waals surface area contributed by atoms with E-state index in [0.29, 0.717) is 10.9 Å². The molecule has 0 aliphatic carbocycles. The van der Waals surface area contributed by atoms with E-state index in [1.807, 2.05) is 6.07 Å². The van der Waals surface area contributed by atoms with E-state index in [2.05, 4.69) is 45.5 Å². The van der Waals surface area contributed by atoms with E-state index in [9.17, 15) is 0 Å². The zero-order chi connectivity index (χ0) is 13.9. The fraction of sp³-hybridized carbons (Fsp3) is 0.214. The van der Waals surface area contributed by atoms with E-state index >= 15 is 0 Å². The Morgan fingerprint density at radius 1 is 1.30 bits per heavy atom. The molecule has 6 heteroatoms. The van der Waals surface area contributed by atoms with Crippen molar-refractivity contribution in [1.82, 2.24) is 19.6 Å². The van der Waals surface area contributed by atoms with Crippen molar-refractivity contribution in [2.75, 3.05) is 11.9 Å². The molecule has 5 nitrogen and oxygen atoms in total. The van der Waals surface area contributed by atoms with Crippen LogP contribution in [0.3, 0.4) is 0 Å². The first-order valence-corrected chi connectivity index (χ1v) is 6.76. The quantitative estimate of drug-likeness (QED) is 0.750. The number of benzene rings is 1. The van der Waals surface area contributed by atoms with Crippen LogP contribution in [0.25, 0.3) is 5.78 Å². The molecule has 0 aliphatic rings. The van der Waals surface area contributed by atoms with Crippen molar-refractivity contribution in [3.05, 3.63) is 52.9 Å². The van der Waals surface area contributed by atoms with E-state index in [-0.39, 0.29) is 0 Å². The SMILES string of the molecule is Cc1ccccc1CCNc1cc(Cl)nc2ncnn12. The minimum Gasteiger partial charge on any atom is -0.369 e. The highest BCUT2D eigenvalue weighted by atomic mass is 35.5. The second kappa shape index (κ2) is 5.46. The van der Waals surface area contributed by atoms with Crippen LogP contribution in [0.1, 0.15) is 11.1 Å². The van der Waals surface area contributed by atoms with Gasteiger partial charge in [-0.15, -0.1) is 0 Å². The zero-order valence-corrected chi connectivity index (χ0v) is 11.8. The van der Waals surface area contributed by atoms with Crippen LogP contribution in [0.15, 0.2) is 36.7 Å². The molecule has 0 radical (unpaired) electrons. The van der Waals surface area contributed by atoms with Crippen LogP contribution < -0.4 is 5.32 Å². The van der Waals surface area contributed by atoms with Gasteiger partial charge in [0.2, 0.25) is 0 Å². The summed E-state index contributed by atoms with van der Waals surface area (Å²) in [5, 5.41) is 7.86. The lowest BCUT2D eigenvalue weighted by atomic mass is 10.1. The summed E-state index contributed by atoms with van der Waals surface area (Å²) in [6, 6.07) is 10.1. The highest BCUT2D eigenvalue weighted by molar-refractivity contribution is 6.29. The first-order chi connectivity index (χ1) is 9.74. The summed E-state index contributed by atoms with van der Waals surface area (Å²) in [6.07, 6.45) is 2.40. The molecule has 2 heterocycles. The maximum atomic E-state index is 5.97. The Morgan fingerprint density at radius 3 is 3.00 bits per heavy atom. The van der Waals surface area contributed by atoms with Crippen molar-refractivity contribution in [3.8, 4) is 0 Å². The highest BCUT2D eigenvalue weighted by Crippen LogP contribution is 2.15. The van der Waals surface area contributed by atoms with E-state index in [4.69, 9.17) is 11.6 Å². The number of aromatic nitrogens is 4. The number of anilines is 1. The number of hydrogen-bond acceptors (Lipinski definition) is 4. The van der Waals surface area contributed by atoms with Crippen molar-refractivity contribution < 1.29 is 0 Å². The van der Waals surface area contributed by atoms with Gasteiger partial charge < -0.3 is 5.32 Å². The van der Waals surface area contributed by atoms with Crippen LogP contribution in [0.2, 0.25) is 5.15 Å². The summed E-state index contributed by atoms with van der Waals surface area (Å²) in [7, 11) is 0. The molecule has 2 aromatic heterocycles. The molecular weight excluding hydrogens is 274 g/mol. The topological polar surface area (TPSA) is 55.1 Å². The summed E-state index contributed by atoms with van der Waals surface area (Å²) < 4.78 is 1.64. The third-order valence-electron chi connectivity index (χ3n) is 3.18. The Balaban J connectivity index is 1.74. The molecule has 20 heavy (non-hydrogen) atoms. The van der Waals surface area contributed by atoms with Gasteiger partial charge in [-0.1, -0.05) is 35.9 Å². The van der Waals surface area contributed by atoms with Crippen molar-refractivity contribution in [2.45, 2.75) is 13.3 Å². The molecule has 0 aliphatic heterocycles. The van der Waals surface area contributed by atoms with Gasteiger partial charge in [0, 0.05) is 12.6 Å². The molecule has 0 saturated heterocycles. The lowest BCUT2D eigenvalue weighted by Gasteiger charge is -2.09. The number of fused-ring (bicyclic) bond motifs is 1. The number of rotatable bonds is 4. The third kappa shape index (κ3) is 2.58. The molecule has 3 aromatic rings. The number of aryl methyl sites for hydroxylation is 1. The maximum absolute atomic E-state index is 5.97. The predicted molar refractivity (Wildman–Crippen MR) is 79.2 cm³/mol. The number of nitrogens with one attached hydrogen (secondary N) is 1. The molecule has 1 N–H and O–H groups in total. The van der Waals surface area contributed by atoms with Gasteiger partial charge in [0.05, 0.1) is 0 Å². The molecule has 0 spiro atoms. The molecule has 0 bridgehead atoms. The average Bonchev–Trinajstić information content (AvgIpc) is 2.89. The zero-order valence-electron chi connectivity index (χ0n) is 11.0. The standard InChI is InChI=1S/C14H14ClN5/c1-10-4-2-3-5-11(10)6-7-16-13-8-12(15)19-14-17-9-18-20(13)14/h2-5,8-9,16H,6-7H2,1H3. The predicted octanol–water partition coefficient (Wildman–Crippen LogP) is 2.74. The minimum atomic E-state index is 0.406. The number of nitrogens with zero attached hydrogens (tertiary/aromatic N) is 4. The Morgan fingerprint density at radius 2 is 2.15 bits per heavy atom. The largest absolute Gasteiger partial charge is 0.369 e. The van der Waals surface area contributed by atoms with Crippen molar-refractivity contribution in [3.63, 3.8) is 0 Å². The van der Waals surface area contributed by atoms with Gasteiger partial charge in [-0.3, -0.25) is 0 Å². The second-order valence-corrected chi connectivity index (χ2v) is 4.93. The van der Waals surface area contributed by atoms with Gasteiger partial charge in [-0.25, -0.2) is 0 Å². The van der Waals surface area contributed by atoms with Gasteiger partial charge >= 0.3 is 0 Å². The van der Waals surface area contributed by atoms with Gasteiger partial charge in [0.25, 0.3) is 5.78 Å². The third-order valence-corrected chi connectivity index (χ3v) is 3.38. The molecule has 1 aromatic carbocycles. The van der Waals surface area contributed by atoms with E-state index < -0.39 is 0 Å². The first-order valence-electron chi connectivity index (χ1n) is 6.39. The molecule has 0 atom stereocenters. The molecular formula is C14H14ClN5. The van der Waals surface area contributed by atoms with Crippen molar-refractivity contribution in [2.24, 2.45) is 0 Å². The summed E-state index contributed by atoms with van der Waals surface area (Å²) in [5.41, 5.74) is 2.63. The minimum absolute atomic E-state index is 0.406. The lowest BCUT2D eigenvalue weighted by Crippen LogP contribution is -2.10. The molecule has 0 amide bonds. The molecule has 0 saturated carbocycles. The summed E-state index contributed by atoms with van der Waals surface area (Å²) >= 11 is 5.97. The van der Waals surface area contributed by atoms with Crippen LogP contribution in [-0.2, 0) is 6.42 Å². The lowest BCUT2D eigenvalue weighted by molar-refractivity contribution is 0.911. The first kappa shape index (κ1) is 12.9. The van der Waals surface area contributed by atoms with Crippen LogP contribution in [0.5, 0.6) is 0 Å². The van der Waals surface area contributed by atoms with Crippen LogP contribution in [0, 0.1) is 6.92 Å². The van der Waals surface area contributed by atoms with E-state index in [1.54, 1.807) is 10.6 Å². The van der Waals surface area contributed by atoms with Crippen molar-refractivity contribution >= 4 is 23.2 Å². The molecule has 102 valence electrons. The molecule has 3 rings (SSSR count). The normalized spacial score (nSPS) is 10.9. The van der Waals surface area contributed by atoms with E-state index in [1.165, 1.54) is 17.5 Å². The van der Waals surface area contributed by atoms with E-state index in [0.717, 1.165) is 18.8 Å². The van der Waals surface area contributed by atoms with Crippen molar-refractivity contribution in [1.29, 1.82) is 0 Å². The Labute approximate surface area is 121 Å². The van der Waals surface area contributed by atoms with Gasteiger partial charge in [0.15, 0.2) is 0 Å². The van der Waals surface area contributed by atoms with Crippen LogP contribution in [-0.4, -0.2) is 26.1 Å². The smallest absolute Gasteiger partial charge is 0.255 e. The van der Waals surface area contributed by atoms with Crippen LogP contribution >= 0.6 is 11.6 Å². The maximum Gasteiger partial charge on any atom is 0.255 e. The highest BCUT2D eigenvalue weighted by Gasteiger charge is 2.06. The Bertz CT molecular complexity index is 737. The van der Waals surface area contributed by atoms with Crippen LogP contribution in [0.4, 0.5) is 5.82 Å². The second-order valence-electron chi connectivity index (χ2n) is 4.54. The van der Waals surface area contributed by atoms with Gasteiger partial charge in [-0.2, -0.15) is 19.6 Å². The average molecular weight is 288 g/mol. The fourth-order valence-electron chi connectivity index (χ4n) is 2.13.